The lowest BCUT2D eigenvalue weighted by molar-refractivity contribution is -0.119. The molecule has 1 atom stereocenters. The second kappa shape index (κ2) is 5.00. The van der Waals surface area contributed by atoms with Crippen LogP contribution in [0.1, 0.15) is 17.0 Å². The van der Waals surface area contributed by atoms with E-state index in [9.17, 15) is 4.79 Å². The molecule has 3 rings (SSSR count). The number of ether oxygens (including phenoxy) is 1. The van der Waals surface area contributed by atoms with Crippen molar-refractivity contribution in [3.63, 3.8) is 0 Å². The van der Waals surface area contributed by atoms with Gasteiger partial charge in [-0.25, -0.2) is 0 Å². The highest BCUT2D eigenvalue weighted by Crippen LogP contribution is 2.39. The van der Waals surface area contributed by atoms with E-state index >= 15 is 0 Å². The third kappa shape index (κ3) is 1.95. The van der Waals surface area contributed by atoms with E-state index in [1.54, 1.807) is 12.0 Å². The fraction of sp³-hybridized carbons (Fsp3) is 0.235. The van der Waals surface area contributed by atoms with Crippen LogP contribution in [0.25, 0.3) is 0 Å². The van der Waals surface area contributed by atoms with Crippen molar-refractivity contribution in [3.8, 4) is 5.75 Å². The Bertz CT molecular complexity index is 651. The summed E-state index contributed by atoms with van der Waals surface area (Å²) in [5.74, 6) is 0.872. The van der Waals surface area contributed by atoms with E-state index in [1.807, 2.05) is 55.6 Å². The van der Waals surface area contributed by atoms with E-state index in [4.69, 9.17) is 4.74 Å². The predicted molar refractivity (Wildman–Crippen MR) is 79.3 cm³/mol. The molecule has 1 heterocycles. The van der Waals surface area contributed by atoms with E-state index in [2.05, 4.69) is 0 Å². The Labute approximate surface area is 118 Å². The standard InChI is InChI=1S/C17H17NO2/c1-18-15-9-5-4-8-13(15)14(17(18)19)11-12-7-3-6-10-16(12)20-2/h3-10,14H,11H2,1-2H3/t14-/m1/s1. The molecule has 3 heteroatoms. The van der Waals surface area contributed by atoms with Crippen molar-refractivity contribution in [3.05, 3.63) is 59.7 Å². The Morgan fingerprint density at radius 1 is 1.10 bits per heavy atom. The van der Waals surface area contributed by atoms with E-state index in [1.165, 1.54) is 0 Å². The molecule has 0 bridgehead atoms. The molecule has 1 aliphatic rings. The molecule has 2 aromatic rings. The lowest BCUT2D eigenvalue weighted by Crippen LogP contribution is -2.24. The lowest BCUT2D eigenvalue weighted by atomic mass is 9.93. The van der Waals surface area contributed by atoms with Gasteiger partial charge in [0.25, 0.3) is 0 Å². The molecule has 3 nitrogen and oxygen atoms in total. The summed E-state index contributed by atoms with van der Waals surface area (Å²) in [7, 11) is 3.50. The molecule has 0 fully saturated rings. The molecule has 0 spiro atoms. The zero-order chi connectivity index (χ0) is 14.1. The minimum absolute atomic E-state index is 0.118. The monoisotopic (exact) mass is 267 g/mol. The minimum Gasteiger partial charge on any atom is -0.496 e. The van der Waals surface area contributed by atoms with Crippen LogP contribution in [-0.2, 0) is 11.2 Å². The van der Waals surface area contributed by atoms with Crippen LogP contribution in [0.15, 0.2) is 48.5 Å². The van der Waals surface area contributed by atoms with Crippen molar-refractivity contribution in [2.75, 3.05) is 19.1 Å². The SMILES string of the molecule is COc1ccccc1C[C@H]1C(=O)N(C)c2ccccc21. The van der Waals surface area contributed by atoms with Gasteiger partial charge in [0.15, 0.2) is 0 Å². The van der Waals surface area contributed by atoms with Gasteiger partial charge in [-0.1, -0.05) is 36.4 Å². The van der Waals surface area contributed by atoms with Crippen LogP contribution in [0.2, 0.25) is 0 Å². The molecule has 0 radical (unpaired) electrons. The number of benzene rings is 2. The molecule has 2 aromatic carbocycles. The fourth-order valence-electron chi connectivity index (χ4n) is 2.86. The van der Waals surface area contributed by atoms with Gasteiger partial charge in [0.2, 0.25) is 5.91 Å². The molecule has 0 aliphatic carbocycles. The number of methoxy groups -OCH3 is 1. The molecular weight excluding hydrogens is 250 g/mol. The first-order chi connectivity index (χ1) is 9.72. The number of rotatable bonds is 3. The number of para-hydroxylation sites is 2. The Hall–Kier alpha value is -2.29. The van der Waals surface area contributed by atoms with Gasteiger partial charge in [0.1, 0.15) is 5.75 Å². The molecule has 102 valence electrons. The zero-order valence-electron chi connectivity index (χ0n) is 11.7. The number of carbonyl (C=O) groups is 1. The first kappa shape index (κ1) is 12.7. The summed E-state index contributed by atoms with van der Waals surface area (Å²) in [6, 6.07) is 15.9. The summed E-state index contributed by atoms with van der Waals surface area (Å²) >= 11 is 0. The molecular formula is C17H17NO2. The topological polar surface area (TPSA) is 29.5 Å². The number of nitrogens with zero attached hydrogens (tertiary/aromatic N) is 1. The summed E-state index contributed by atoms with van der Waals surface area (Å²) in [5.41, 5.74) is 3.18. The highest BCUT2D eigenvalue weighted by molar-refractivity contribution is 6.04. The minimum atomic E-state index is -0.118. The normalized spacial score (nSPS) is 17.2. The maximum atomic E-state index is 12.5. The van der Waals surface area contributed by atoms with Crippen molar-refractivity contribution in [1.29, 1.82) is 0 Å². The van der Waals surface area contributed by atoms with Crippen LogP contribution in [0.4, 0.5) is 5.69 Å². The van der Waals surface area contributed by atoms with E-state index in [0.717, 1.165) is 22.6 Å². The molecule has 0 aromatic heterocycles. The number of anilines is 1. The third-order valence-electron chi connectivity index (χ3n) is 3.92. The zero-order valence-corrected chi connectivity index (χ0v) is 11.7. The van der Waals surface area contributed by atoms with Crippen LogP contribution < -0.4 is 9.64 Å². The van der Waals surface area contributed by atoms with Gasteiger partial charge in [-0.15, -0.1) is 0 Å². The van der Waals surface area contributed by atoms with Crippen LogP contribution >= 0.6 is 0 Å². The molecule has 1 amide bonds. The highest BCUT2D eigenvalue weighted by atomic mass is 16.5. The molecule has 0 unspecified atom stereocenters. The largest absolute Gasteiger partial charge is 0.496 e. The fourth-order valence-corrected chi connectivity index (χ4v) is 2.86. The van der Waals surface area contributed by atoms with Gasteiger partial charge >= 0.3 is 0 Å². The summed E-state index contributed by atoms with van der Waals surface area (Å²) in [5, 5.41) is 0. The third-order valence-corrected chi connectivity index (χ3v) is 3.92. The average Bonchev–Trinajstić information content (AvgIpc) is 2.73. The second-order valence-corrected chi connectivity index (χ2v) is 5.02. The summed E-state index contributed by atoms with van der Waals surface area (Å²) < 4.78 is 5.38. The number of likely N-dealkylation sites (N-methyl/N-ethyl adjacent to an activating group) is 1. The van der Waals surface area contributed by atoms with Crippen LogP contribution in [0.3, 0.4) is 0 Å². The summed E-state index contributed by atoms with van der Waals surface area (Å²) in [6.07, 6.45) is 0.671. The maximum Gasteiger partial charge on any atom is 0.234 e. The lowest BCUT2D eigenvalue weighted by Gasteiger charge is -2.13. The van der Waals surface area contributed by atoms with Gasteiger partial charge in [-0.3, -0.25) is 4.79 Å². The molecule has 0 saturated heterocycles. The number of amides is 1. The first-order valence-corrected chi connectivity index (χ1v) is 6.70. The van der Waals surface area contributed by atoms with E-state index in [0.29, 0.717) is 6.42 Å². The van der Waals surface area contributed by atoms with Gasteiger partial charge in [-0.2, -0.15) is 0 Å². The molecule has 1 aliphatic heterocycles. The average molecular weight is 267 g/mol. The van der Waals surface area contributed by atoms with Crippen molar-refractivity contribution in [2.24, 2.45) is 0 Å². The number of hydrogen-bond donors (Lipinski definition) is 0. The van der Waals surface area contributed by atoms with Crippen LogP contribution in [0, 0.1) is 0 Å². The molecule has 0 saturated carbocycles. The number of carbonyl (C=O) groups excluding carboxylic acids is 1. The maximum absolute atomic E-state index is 12.5. The van der Waals surface area contributed by atoms with Crippen LogP contribution in [-0.4, -0.2) is 20.1 Å². The number of fused-ring (bicyclic) bond motifs is 1. The highest BCUT2D eigenvalue weighted by Gasteiger charge is 2.35. The van der Waals surface area contributed by atoms with E-state index < -0.39 is 0 Å². The Morgan fingerprint density at radius 2 is 1.80 bits per heavy atom. The van der Waals surface area contributed by atoms with Crippen molar-refractivity contribution < 1.29 is 9.53 Å². The quantitative estimate of drug-likeness (QED) is 0.855. The smallest absolute Gasteiger partial charge is 0.234 e. The van der Waals surface area contributed by atoms with Crippen LogP contribution in [0.5, 0.6) is 5.75 Å². The summed E-state index contributed by atoms with van der Waals surface area (Å²) in [4.78, 5) is 14.2. The molecule has 0 N–H and O–H groups in total. The van der Waals surface area contributed by atoms with Gasteiger partial charge in [0, 0.05) is 12.7 Å². The van der Waals surface area contributed by atoms with E-state index in [-0.39, 0.29) is 11.8 Å². The number of hydrogen-bond acceptors (Lipinski definition) is 2. The Kier molecular flexibility index (Phi) is 3.18. The van der Waals surface area contributed by atoms with Gasteiger partial charge in [0.05, 0.1) is 13.0 Å². The van der Waals surface area contributed by atoms with Crippen molar-refractivity contribution in [1.82, 2.24) is 0 Å². The predicted octanol–water partition coefficient (Wildman–Crippen LogP) is 3.00. The summed E-state index contributed by atoms with van der Waals surface area (Å²) in [6.45, 7) is 0. The van der Waals surface area contributed by atoms with Gasteiger partial charge < -0.3 is 9.64 Å². The van der Waals surface area contributed by atoms with Crippen molar-refractivity contribution >= 4 is 11.6 Å². The second-order valence-electron chi connectivity index (χ2n) is 5.02. The van der Waals surface area contributed by atoms with Crippen molar-refractivity contribution in [2.45, 2.75) is 12.3 Å². The molecule has 20 heavy (non-hydrogen) atoms. The Morgan fingerprint density at radius 3 is 2.60 bits per heavy atom. The van der Waals surface area contributed by atoms with Gasteiger partial charge in [-0.05, 0) is 29.7 Å². The Balaban J connectivity index is 1.97. The first-order valence-electron chi connectivity index (χ1n) is 6.70.